The fourth-order valence-electron chi connectivity index (χ4n) is 2.92. The third-order valence-electron chi connectivity index (χ3n) is 4.25. The molecule has 2 fully saturated rings. The molecule has 2 aliphatic heterocycles. The molecule has 1 aromatic carbocycles. The molecule has 2 saturated heterocycles. The van der Waals surface area contributed by atoms with E-state index in [4.69, 9.17) is 14.6 Å². The number of nitrogens with zero attached hydrogens (tertiary/aromatic N) is 1. The van der Waals surface area contributed by atoms with Crippen molar-refractivity contribution in [1.82, 2.24) is 4.90 Å². The molecule has 136 valence electrons. The lowest BCUT2D eigenvalue weighted by Crippen LogP contribution is -2.55. The Morgan fingerprint density at radius 2 is 2.08 bits per heavy atom. The number of rotatable bonds is 7. The number of hydrogen-bond acceptors (Lipinski definition) is 6. The highest BCUT2D eigenvalue weighted by molar-refractivity contribution is 5.93. The van der Waals surface area contributed by atoms with Crippen LogP contribution >= 0.6 is 0 Å². The minimum Gasteiger partial charge on any atom is -0.471 e. The average molecular weight is 357 g/mol. The lowest BCUT2D eigenvalue weighted by molar-refractivity contribution is -0.166. The molecule has 0 bridgehead atoms. The zero-order chi connectivity index (χ0) is 18.5. The Morgan fingerprint density at radius 3 is 2.73 bits per heavy atom. The summed E-state index contributed by atoms with van der Waals surface area (Å²) in [5.41, 5.74) is 1.07. The average Bonchev–Trinajstić information content (AvgIpc) is 2.97. The number of benzene rings is 1. The van der Waals surface area contributed by atoms with Crippen LogP contribution in [0.4, 0.5) is 0 Å². The third kappa shape index (κ3) is 3.52. The van der Waals surface area contributed by atoms with Gasteiger partial charge in [-0.05, 0) is 12.0 Å². The molecule has 1 amide bonds. The number of allylic oxidation sites excluding steroid dienone is 2. The van der Waals surface area contributed by atoms with Crippen molar-refractivity contribution in [2.45, 2.75) is 31.7 Å². The van der Waals surface area contributed by atoms with Crippen LogP contribution < -0.4 is 0 Å². The smallest absolute Gasteiger partial charge is 0.337 e. The first-order valence-corrected chi connectivity index (χ1v) is 8.28. The number of aliphatic hydroxyl groups excluding tert-OH is 1. The predicted molar refractivity (Wildman–Crippen MR) is 90.3 cm³/mol. The summed E-state index contributed by atoms with van der Waals surface area (Å²) in [4.78, 5) is 37.3. The summed E-state index contributed by atoms with van der Waals surface area (Å²) in [6, 6.07) is 8.12. The van der Waals surface area contributed by atoms with Gasteiger partial charge in [-0.25, -0.2) is 4.79 Å². The first-order valence-electron chi connectivity index (χ1n) is 8.28. The summed E-state index contributed by atoms with van der Waals surface area (Å²) in [6.45, 7) is -0.0882. The first kappa shape index (κ1) is 17.9. The number of esters is 1. The molecule has 2 heterocycles. The Labute approximate surface area is 150 Å². The van der Waals surface area contributed by atoms with E-state index in [9.17, 15) is 14.4 Å². The SMILES string of the molecule is O=CC(CC=CCO)=C1O[C@@H]2CC(=O)N2C1C(=O)OCc1ccccc1. The number of β-lactam (4-membered cyclic amide) rings is 1. The molecule has 0 aliphatic carbocycles. The van der Waals surface area contributed by atoms with E-state index in [0.29, 0.717) is 6.29 Å². The summed E-state index contributed by atoms with van der Waals surface area (Å²) < 4.78 is 11.0. The highest BCUT2D eigenvalue weighted by atomic mass is 16.6. The number of hydrogen-bond donors (Lipinski definition) is 1. The van der Waals surface area contributed by atoms with Crippen LogP contribution in [-0.2, 0) is 30.5 Å². The number of aldehydes is 1. The Kier molecular flexibility index (Phi) is 5.48. The van der Waals surface area contributed by atoms with Crippen LogP contribution in [0.1, 0.15) is 18.4 Å². The summed E-state index contributed by atoms with van der Waals surface area (Å²) in [6.07, 6.45) is 3.51. The zero-order valence-corrected chi connectivity index (χ0v) is 14.0. The topological polar surface area (TPSA) is 93.1 Å². The van der Waals surface area contributed by atoms with Crippen LogP contribution in [0.5, 0.6) is 0 Å². The molecule has 1 unspecified atom stereocenters. The predicted octanol–water partition coefficient (Wildman–Crippen LogP) is 1.08. The van der Waals surface area contributed by atoms with Gasteiger partial charge < -0.3 is 14.6 Å². The maximum absolute atomic E-state index is 12.6. The van der Waals surface area contributed by atoms with Gasteiger partial charge in [-0.2, -0.15) is 0 Å². The molecule has 0 saturated carbocycles. The third-order valence-corrected chi connectivity index (χ3v) is 4.25. The van der Waals surface area contributed by atoms with Gasteiger partial charge in [0.05, 0.1) is 13.0 Å². The van der Waals surface area contributed by atoms with Gasteiger partial charge in [-0.15, -0.1) is 0 Å². The number of carbonyl (C=O) groups is 3. The van der Waals surface area contributed by atoms with E-state index in [2.05, 4.69) is 0 Å². The van der Waals surface area contributed by atoms with E-state index in [1.165, 1.54) is 11.0 Å². The van der Waals surface area contributed by atoms with Crippen molar-refractivity contribution in [3.63, 3.8) is 0 Å². The quantitative estimate of drug-likeness (QED) is 0.258. The van der Waals surface area contributed by atoms with E-state index in [1.807, 2.05) is 30.3 Å². The number of aliphatic hydroxyl groups is 1. The second-order valence-electron chi connectivity index (χ2n) is 5.94. The van der Waals surface area contributed by atoms with Crippen LogP contribution in [0, 0.1) is 0 Å². The number of ether oxygens (including phenoxy) is 2. The molecule has 2 aliphatic rings. The maximum atomic E-state index is 12.6. The minimum atomic E-state index is -1.05. The van der Waals surface area contributed by atoms with Gasteiger partial charge in [0, 0.05) is 5.57 Å². The van der Waals surface area contributed by atoms with Crippen molar-refractivity contribution in [3.8, 4) is 0 Å². The second kappa shape index (κ2) is 7.97. The molecule has 1 N–H and O–H groups in total. The lowest BCUT2D eigenvalue weighted by atomic mass is 10.0. The Balaban J connectivity index is 1.80. The van der Waals surface area contributed by atoms with E-state index in [0.717, 1.165) is 5.56 Å². The number of amides is 1. The fourth-order valence-corrected chi connectivity index (χ4v) is 2.92. The van der Waals surface area contributed by atoms with Gasteiger partial charge in [-0.3, -0.25) is 14.5 Å². The van der Waals surface area contributed by atoms with Gasteiger partial charge in [0.15, 0.2) is 12.3 Å². The van der Waals surface area contributed by atoms with Crippen LogP contribution in [0.3, 0.4) is 0 Å². The monoisotopic (exact) mass is 357 g/mol. The van der Waals surface area contributed by atoms with Crippen LogP contribution in [0.15, 0.2) is 53.8 Å². The summed E-state index contributed by atoms with van der Waals surface area (Å²) >= 11 is 0. The molecular formula is C19H19NO6. The largest absolute Gasteiger partial charge is 0.471 e. The van der Waals surface area contributed by atoms with E-state index in [-0.39, 0.29) is 43.3 Å². The van der Waals surface area contributed by atoms with Crippen molar-refractivity contribution in [2.24, 2.45) is 0 Å². The van der Waals surface area contributed by atoms with Gasteiger partial charge in [0.1, 0.15) is 18.7 Å². The van der Waals surface area contributed by atoms with Crippen LogP contribution in [0.2, 0.25) is 0 Å². The van der Waals surface area contributed by atoms with E-state index in [1.54, 1.807) is 6.08 Å². The normalized spacial score (nSPS) is 23.3. The van der Waals surface area contributed by atoms with Crippen LogP contribution in [-0.4, -0.2) is 47.0 Å². The van der Waals surface area contributed by atoms with Gasteiger partial charge >= 0.3 is 5.97 Å². The van der Waals surface area contributed by atoms with Gasteiger partial charge in [-0.1, -0.05) is 42.5 Å². The lowest BCUT2D eigenvalue weighted by Gasteiger charge is -2.33. The standard InChI is InChI=1S/C19H19NO6/c21-9-5-4-8-14(11-22)18-17(20-15(23)10-16(20)26-18)19(24)25-12-13-6-2-1-3-7-13/h1-7,11,16-17,21H,8-10,12H2/t16-,17?/m1/s1. The zero-order valence-electron chi connectivity index (χ0n) is 14.0. The molecule has 0 spiro atoms. The van der Waals surface area contributed by atoms with Crippen molar-refractivity contribution in [3.05, 3.63) is 59.4 Å². The van der Waals surface area contributed by atoms with Gasteiger partial charge in [0.25, 0.3) is 0 Å². The molecule has 2 atom stereocenters. The molecule has 3 rings (SSSR count). The molecule has 7 heteroatoms. The summed E-state index contributed by atoms with van der Waals surface area (Å²) in [5, 5.41) is 8.82. The van der Waals surface area contributed by atoms with Crippen molar-refractivity contribution < 1.29 is 29.0 Å². The van der Waals surface area contributed by atoms with E-state index >= 15 is 0 Å². The van der Waals surface area contributed by atoms with Crippen LogP contribution in [0.25, 0.3) is 0 Å². The molecule has 0 radical (unpaired) electrons. The van der Waals surface area contributed by atoms with Gasteiger partial charge in [0.2, 0.25) is 5.91 Å². The van der Waals surface area contributed by atoms with E-state index < -0.39 is 18.2 Å². The molecular weight excluding hydrogens is 338 g/mol. The number of carbonyl (C=O) groups excluding carboxylic acids is 3. The molecule has 7 nitrogen and oxygen atoms in total. The highest BCUT2D eigenvalue weighted by Crippen LogP contribution is 2.38. The Bertz CT molecular complexity index is 755. The summed E-state index contributed by atoms with van der Waals surface area (Å²) in [5.74, 6) is -0.704. The van der Waals surface area contributed by atoms with Crippen molar-refractivity contribution >= 4 is 18.2 Å². The molecule has 26 heavy (non-hydrogen) atoms. The highest BCUT2D eigenvalue weighted by Gasteiger charge is 2.55. The number of fused-ring (bicyclic) bond motifs is 1. The fraction of sp³-hybridized carbons (Fsp3) is 0.316. The van der Waals surface area contributed by atoms with Crippen molar-refractivity contribution in [1.29, 1.82) is 0 Å². The maximum Gasteiger partial charge on any atom is 0.337 e. The Hall–Kier alpha value is -2.93. The minimum absolute atomic E-state index is 0.0665. The molecule has 1 aromatic rings. The second-order valence-corrected chi connectivity index (χ2v) is 5.94. The Morgan fingerprint density at radius 1 is 1.31 bits per heavy atom. The first-order chi connectivity index (χ1) is 12.7. The van der Waals surface area contributed by atoms with Crippen molar-refractivity contribution in [2.75, 3.05) is 6.61 Å². The summed E-state index contributed by atoms with van der Waals surface area (Å²) in [7, 11) is 0. The molecule has 0 aromatic heterocycles.